The summed E-state index contributed by atoms with van der Waals surface area (Å²) in [6.07, 6.45) is 1.84. The summed E-state index contributed by atoms with van der Waals surface area (Å²) < 4.78 is 2.23. The SMILES string of the molecule is CC(C)(C)c1cc2c3c(c1)c1cccnc1n3-c1cc(O)ccc1C2(C)C. The van der Waals surface area contributed by atoms with E-state index in [9.17, 15) is 5.11 Å². The molecule has 1 aliphatic heterocycles. The fourth-order valence-corrected chi connectivity index (χ4v) is 4.49. The molecule has 0 unspecified atom stereocenters. The predicted octanol–water partition coefficient (Wildman–Crippen LogP) is 5.82. The molecule has 27 heavy (non-hydrogen) atoms. The minimum absolute atomic E-state index is 0.0621. The van der Waals surface area contributed by atoms with Crippen LogP contribution in [0.2, 0.25) is 0 Å². The van der Waals surface area contributed by atoms with Gasteiger partial charge in [0.2, 0.25) is 0 Å². The summed E-state index contributed by atoms with van der Waals surface area (Å²) in [4.78, 5) is 4.71. The molecule has 1 N–H and O–H groups in total. The first-order valence-corrected chi connectivity index (χ1v) is 9.47. The summed E-state index contributed by atoms with van der Waals surface area (Å²) in [5.74, 6) is 0.283. The Morgan fingerprint density at radius 1 is 0.963 bits per heavy atom. The highest BCUT2D eigenvalue weighted by molar-refractivity contribution is 6.10. The molecule has 0 radical (unpaired) electrons. The molecule has 3 heteroatoms. The lowest BCUT2D eigenvalue weighted by Gasteiger charge is -2.35. The Hall–Kier alpha value is -2.81. The van der Waals surface area contributed by atoms with Crippen molar-refractivity contribution in [2.24, 2.45) is 0 Å². The van der Waals surface area contributed by atoms with Gasteiger partial charge in [0.1, 0.15) is 11.4 Å². The molecule has 0 fully saturated rings. The van der Waals surface area contributed by atoms with E-state index in [1.165, 1.54) is 27.6 Å². The highest BCUT2D eigenvalue weighted by Gasteiger charge is 2.36. The number of aromatic nitrogens is 2. The molecule has 4 aromatic rings. The van der Waals surface area contributed by atoms with Crippen molar-refractivity contribution in [1.82, 2.24) is 9.55 Å². The van der Waals surface area contributed by atoms with Gasteiger partial charge in [-0.25, -0.2) is 4.98 Å². The first-order chi connectivity index (χ1) is 12.7. The molecular weight excluding hydrogens is 332 g/mol. The number of phenols is 1. The molecule has 136 valence electrons. The van der Waals surface area contributed by atoms with Gasteiger partial charge < -0.3 is 5.11 Å². The van der Waals surface area contributed by atoms with Crippen LogP contribution in [-0.4, -0.2) is 14.7 Å². The second kappa shape index (κ2) is 4.92. The van der Waals surface area contributed by atoms with Crippen molar-refractivity contribution >= 4 is 21.9 Å². The van der Waals surface area contributed by atoms with Crippen molar-refractivity contribution in [3.05, 3.63) is 65.4 Å². The zero-order valence-electron chi connectivity index (χ0n) is 16.5. The Balaban J connectivity index is 2.08. The third-order valence-electron chi connectivity index (χ3n) is 6.06. The van der Waals surface area contributed by atoms with Gasteiger partial charge >= 0.3 is 0 Å². The summed E-state index contributed by atoms with van der Waals surface area (Å²) >= 11 is 0. The Bertz CT molecular complexity index is 1240. The third kappa shape index (κ3) is 2.05. The molecule has 1 aliphatic rings. The maximum Gasteiger partial charge on any atom is 0.145 e. The Morgan fingerprint density at radius 2 is 1.74 bits per heavy atom. The molecule has 0 atom stereocenters. The van der Waals surface area contributed by atoms with Crippen LogP contribution in [-0.2, 0) is 10.8 Å². The van der Waals surface area contributed by atoms with Gasteiger partial charge in [-0.2, -0.15) is 0 Å². The smallest absolute Gasteiger partial charge is 0.145 e. The number of hydrogen-bond donors (Lipinski definition) is 1. The maximum absolute atomic E-state index is 10.2. The normalized spacial score (nSPS) is 15.3. The number of phenolic OH excluding ortho intramolecular Hbond substituents is 1. The predicted molar refractivity (Wildman–Crippen MR) is 111 cm³/mol. The van der Waals surface area contributed by atoms with Crippen LogP contribution in [0.15, 0.2) is 48.7 Å². The largest absolute Gasteiger partial charge is 0.508 e. The van der Waals surface area contributed by atoms with Crippen molar-refractivity contribution in [2.75, 3.05) is 0 Å². The van der Waals surface area contributed by atoms with Crippen LogP contribution in [0.25, 0.3) is 27.6 Å². The quantitative estimate of drug-likeness (QED) is 0.431. The zero-order valence-corrected chi connectivity index (χ0v) is 16.5. The van der Waals surface area contributed by atoms with E-state index in [1.54, 1.807) is 6.07 Å². The number of aromatic hydroxyl groups is 1. The number of pyridine rings is 1. The summed E-state index contributed by atoms with van der Waals surface area (Å²) in [6.45, 7) is 11.3. The van der Waals surface area contributed by atoms with E-state index in [0.717, 1.165) is 16.7 Å². The number of hydrogen-bond acceptors (Lipinski definition) is 2. The number of rotatable bonds is 0. The van der Waals surface area contributed by atoms with Crippen molar-refractivity contribution < 1.29 is 5.11 Å². The number of benzene rings is 2. The summed E-state index contributed by atoms with van der Waals surface area (Å²) in [5, 5.41) is 12.6. The van der Waals surface area contributed by atoms with E-state index in [0.29, 0.717) is 0 Å². The second-order valence-corrected chi connectivity index (χ2v) is 9.21. The van der Waals surface area contributed by atoms with Gasteiger partial charge in [-0.3, -0.25) is 4.57 Å². The van der Waals surface area contributed by atoms with E-state index in [1.807, 2.05) is 18.3 Å². The molecule has 0 spiro atoms. The van der Waals surface area contributed by atoms with E-state index in [2.05, 4.69) is 63.5 Å². The first kappa shape index (κ1) is 16.4. The molecule has 0 aliphatic carbocycles. The standard InChI is InChI=1S/C24H24N2O/c1-23(2,3)14-11-17-16-7-6-10-25-22(16)26-20-13-15(27)8-9-18(20)24(4,5)19(12-14)21(17)26/h6-13,27H,1-5H3. The lowest BCUT2D eigenvalue weighted by atomic mass is 9.72. The van der Waals surface area contributed by atoms with Crippen LogP contribution in [0.4, 0.5) is 0 Å². The van der Waals surface area contributed by atoms with Crippen LogP contribution in [0.1, 0.15) is 51.3 Å². The fourth-order valence-electron chi connectivity index (χ4n) is 4.49. The summed E-state index contributed by atoms with van der Waals surface area (Å²) in [5.41, 5.74) is 6.95. The first-order valence-electron chi connectivity index (χ1n) is 9.47. The van der Waals surface area contributed by atoms with E-state index in [4.69, 9.17) is 4.98 Å². The van der Waals surface area contributed by atoms with Crippen LogP contribution in [0.3, 0.4) is 0 Å². The van der Waals surface area contributed by atoms with Gasteiger partial charge in [-0.1, -0.05) is 46.8 Å². The van der Waals surface area contributed by atoms with E-state index >= 15 is 0 Å². The number of fused-ring (bicyclic) bond motifs is 5. The minimum atomic E-state index is -0.160. The van der Waals surface area contributed by atoms with Crippen LogP contribution in [0, 0.1) is 0 Å². The number of nitrogens with zero attached hydrogens (tertiary/aromatic N) is 2. The molecule has 0 amide bonds. The van der Waals surface area contributed by atoms with E-state index < -0.39 is 0 Å². The average Bonchev–Trinajstić information content (AvgIpc) is 2.93. The monoisotopic (exact) mass is 356 g/mol. The molecule has 2 aromatic carbocycles. The molecule has 3 nitrogen and oxygen atoms in total. The Morgan fingerprint density at radius 3 is 2.48 bits per heavy atom. The lowest BCUT2D eigenvalue weighted by Crippen LogP contribution is -2.27. The highest BCUT2D eigenvalue weighted by Crippen LogP contribution is 2.49. The highest BCUT2D eigenvalue weighted by atomic mass is 16.3. The zero-order chi connectivity index (χ0) is 19.1. The molecular formula is C24H24N2O. The van der Waals surface area contributed by atoms with Crippen LogP contribution in [0.5, 0.6) is 5.75 Å². The maximum atomic E-state index is 10.2. The molecule has 3 heterocycles. The second-order valence-electron chi connectivity index (χ2n) is 9.21. The van der Waals surface area contributed by atoms with Gasteiger partial charge in [0.05, 0.1) is 11.2 Å². The minimum Gasteiger partial charge on any atom is -0.508 e. The molecule has 0 saturated heterocycles. The molecule has 2 aromatic heterocycles. The van der Waals surface area contributed by atoms with Crippen molar-refractivity contribution in [2.45, 2.75) is 45.4 Å². The fraction of sp³-hybridized carbons (Fsp3) is 0.292. The molecule has 0 saturated carbocycles. The summed E-state index contributed by atoms with van der Waals surface area (Å²) in [6, 6.07) is 14.6. The van der Waals surface area contributed by atoms with Crippen molar-refractivity contribution in [3.63, 3.8) is 0 Å². The molecule has 5 rings (SSSR count). The Labute approximate surface area is 159 Å². The molecule has 0 bridgehead atoms. The van der Waals surface area contributed by atoms with Gasteiger partial charge in [-0.15, -0.1) is 0 Å². The van der Waals surface area contributed by atoms with Gasteiger partial charge in [0, 0.05) is 28.5 Å². The lowest BCUT2D eigenvalue weighted by molar-refractivity contribution is 0.474. The van der Waals surface area contributed by atoms with Gasteiger partial charge in [0.25, 0.3) is 0 Å². The van der Waals surface area contributed by atoms with Crippen LogP contribution < -0.4 is 0 Å². The van der Waals surface area contributed by atoms with Crippen LogP contribution >= 0.6 is 0 Å². The van der Waals surface area contributed by atoms with E-state index in [-0.39, 0.29) is 16.6 Å². The third-order valence-corrected chi connectivity index (χ3v) is 6.06. The van der Waals surface area contributed by atoms with Gasteiger partial charge in [-0.05, 0) is 46.4 Å². The van der Waals surface area contributed by atoms with Crippen molar-refractivity contribution in [1.29, 1.82) is 0 Å². The topological polar surface area (TPSA) is 38.0 Å². The van der Waals surface area contributed by atoms with Gasteiger partial charge in [0.15, 0.2) is 0 Å². The summed E-state index contributed by atoms with van der Waals surface area (Å²) in [7, 11) is 0. The average molecular weight is 356 g/mol. The van der Waals surface area contributed by atoms with Crippen molar-refractivity contribution in [3.8, 4) is 11.4 Å². The Kier molecular flexibility index (Phi) is 2.98.